The van der Waals surface area contributed by atoms with Crippen molar-refractivity contribution in [2.75, 3.05) is 6.54 Å². The second kappa shape index (κ2) is 18.7. The number of carbonyl (C=O) groups excluding carboxylic acids is 1. The predicted octanol–water partition coefficient (Wildman–Crippen LogP) is 9.25. The number of amides is 1. The van der Waals surface area contributed by atoms with Gasteiger partial charge in [-0.25, -0.2) is 4.98 Å². The van der Waals surface area contributed by atoms with Gasteiger partial charge < -0.3 is 14.3 Å². The highest BCUT2D eigenvalue weighted by atomic mass is 16.3. The molecule has 1 N–H and O–H groups in total. The lowest BCUT2D eigenvalue weighted by molar-refractivity contribution is 0.0925. The number of hydrogen-bond acceptors (Lipinski definition) is 3. The zero-order chi connectivity index (χ0) is 26.7. The molecule has 0 aliphatic heterocycles. The van der Waals surface area contributed by atoms with Gasteiger partial charge in [0.1, 0.15) is 5.82 Å². The average Bonchev–Trinajstić information content (AvgIpc) is 3.59. The van der Waals surface area contributed by atoms with Gasteiger partial charge in [-0.15, -0.1) is 0 Å². The third-order valence-electron chi connectivity index (χ3n) is 7.58. The maximum absolute atomic E-state index is 12.1. The van der Waals surface area contributed by atoms with Crippen molar-refractivity contribution in [1.82, 2.24) is 14.9 Å². The number of imidazole rings is 1. The number of carbonyl (C=O) groups is 1. The molecule has 0 radical (unpaired) electrons. The molecule has 210 valence electrons. The second-order valence-electron chi connectivity index (χ2n) is 10.8. The van der Waals surface area contributed by atoms with Crippen molar-refractivity contribution in [2.45, 2.75) is 129 Å². The summed E-state index contributed by atoms with van der Waals surface area (Å²) < 4.78 is 7.56. The van der Waals surface area contributed by atoms with E-state index in [1.165, 1.54) is 115 Å². The minimum atomic E-state index is -0.156. The maximum atomic E-state index is 12.1. The third-order valence-corrected chi connectivity index (χ3v) is 7.58. The summed E-state index contributed by atoms with van der Waals surface area (Å²) in [6.07, 6.45) is 25.5. The Morgan fingerprint density at radius 3 is 1.97 bits per heavy atom. The molecule has 0 bridgehead atoms. The molecule has 38 heavy (non-hydrogen) atoms. The molecule has 0 saturated heterocycles. The largest absolute Gasteiger partial charge is 0.459 e. The molecule has 2 aromatic heterocycles. The third kappa shape index (κ3) is 11.0. The lowest BCUT2D eigenvalue weighted by atomic mass is 10.0. The van der Waals surface area contributed by atoms with Crippen molar-refractivity contribution < 1.29 is 9.21 Å². The molecule has 3 rings (SSSR count). The van der Waals surface area contributed by atoms with E-state index < -0.39 is 0 Å². The van der Waals surface area contributed by atoms with Crippen LogP contribution in [0.2, 0.25) is 0 Å². The van der Waals surface area contributed by atoms with Gasteiger partial charge in [0.05, 0.1) is 17.3 Å². The summed E-state index contributed by atoms with van der Waals surface area (Å²) >= 11 is 0. The van der Waals surface area contributed by atoms with E-state index in [0.717, 1.165) is 30.7 Å². The summed E-state index contributed by atoms with van der Waals surface area (Å²) in [5, 5.41) is 2.94. The fraction of sp³-hybridized carbons (Fsp3) is 0.636. The predicted molar refractivity (Wildman–Crippen MR) is 159 cm³/mol. The molecule has 5 nitrogen and oxygen atoms in total. The quantitative estimate of drug-likeness (QED) is 0.134. The Hall–Kier alpha value is -2.56. The lowest BCUT2D eigenvalue weighted by Gasteiger charge is -2.10. The number of aryl methyl sites for hydroxylation is 2. The molecule has 5 heteroatoms. The first-order valence-corrected chi connectivity index (χ1v) is 15.6. The van der Waals surface area contributed by atoms with E-state index in [4.69, 9.17) is 9.40 Å². The first-order valence-electron chi connectivity index (χ1n) is 15.6. The van der Waals surface area contributed by atoms with Crippen molar-refractivity contribution in [1.29, 1.82) is 0 Å². The molecule has 0 fully saturated rings. The maximum Gasteiger partial charge on any atom is 0.286 e. The number of para-hydroxylation sites is 2. The highest BCUT2D eigenvalue weighted by molar-refractivity contribution is 5.91. The van der Waals surface area contributed by atoms with Gasteiger partial charge in [0, 0.05) is 19.5 Å². The van der Waals surface area contributed by atoms with Gasteiger partial charge in [0.2, 0.25) is 0 Å². The monoisotopic (exact) mass is 521 g/mol. The Bertz CT molecular complexity index is 1010. The van der Waals surface area contributed by atoms with Gasteiger partial charge >= 0.3 is 0 Å². The number of nitrogens with zero attached hydrogens (tertiary/aromatic N) is 2. The van der Waals surface area contributed by atoms with Crippen molar-refractivity contribution in [2.24, 2.45) is 0 Å². The highest BCUT2D eigenvalue weighted by Crippen LogP contribution is 2.19. The number of aromatic nitrogens is 2. The van der Waals surface area contributed by atoms with E-state index in [9.17, 15) is 4.79 Å². The van der Waals surface area contributed by atoms with Crippen LogP contribution in [0.25, 0.3) is 11.0 Å². The van der Waals surface area contributed by atoms with Crippen LogP contribution < -0.4 is 5.32 Å². The Kier molecular flexibility index (Phi) is 14.7. The Labute approximate surface area is 230 Å². The van der Waals surface area contributed by atoms with Crippen LogP contribution in [0.15, 0.2) is 47.1 Å². The Morgan fingerprint density at radius 2 is 1.37 bits per heavy atom. The van der Waals surface area contributed by atoms with E-state index >= 15 is 0 Å². The normalized spacial score (nSPS) is 11.4. The first-order chi connectivity index (χ1) is 18.8. The van der Waals surface area contributed by atoms with Crippen molar-refractivity contribution in [3.8, 4) is 0 Å². The molecule has 1 aromatic carbocycles. The van der Waals surface area contributed by atoms with Crippen LogP contribution in [-0.2, 0) is 13.0 Å². The highest BCUT2D eigenvalue weighted by Gasteiger charge is 2.11. The molecular formula is C33H51N3O2. The average molecular weight is 522 g/mol. The van der Waals surface area contributed by atoms with Gasteiger partial charge in [-0.1, -0.05) is 115 Å². The van der Waals surface area contributed by atoms with Crippen molar-refractivity contribution in [3.05, 3.63) is 54.2 Å². The number of nitrogens with one attached hydrogen (secondary N) is 1. The van der Waals surface area contributed by atoms with Crippen LogP contribution in [0.5, 0.6) is 0 Å². The molecule has 2 heterocycles. The molecule has 0 unspecified atom stereocenters. The number of furan rings is 1. The zero-order valence-corrected chi connectivity index (χ0v) is 23.9. The van der Waals surface area contributed by atoms with Gasteiger partial charge in [-0.3, -0.25) is 4.79 Å². The van der Waals surface area contributed by atoms with E-state index in [2.05, 4.69) is 41.1 Å². The smallest absolute Gasteiger partial charge is 0.286 e. The van der Waals surface area contributed by atoms with Crippen LogP contribution in [0.1, 0.15) is 132 Å². The topological polar surface area (TPSA) is 60.1 Å². The van der Waals surface area contributed by atoms with E-state index in [1.54, 1.807) is 12.1 Å². The number of unbranched alkanes of at least 4 members (excludes halogenated alkanes) is 15. The molecular weight excluding hydrogens is 470 g/mol. The fourth-order valence-electron chi connectivity index (χ4n) is 5.33. The molecule has 0 atom stereocenters. The second-order valence-corrected chi connectivity index (χ2v) is 10.8. The summed E-state index contributed by atoms with van der Waals surface area (Å²) in [5.41, 5.74) is 2.29. The van der Waals surface area contributed by atoms with Crippen molar-refractivity contribution >= 4 is 16.9 Å². The van der Waals surface area contributed by atoms with Gasteiger partial charge in [-0.05, 0) is 37.1 Å². The van der Waals surface area contributed by atoms with Crippen LogP contribution >= 0.6 is 0 Å². The Balaban J connectivity index is 1.25. The van der Waals surface area contributed by atoms with Crippen molar-refractivity contribution in [3.63, 3.8) is 0 Å². The van der Waals surface area contributed by atoms with E-state index in [-0.39, 0.29) is 5.91 Å². The molecule has 0 saturated carbocycles. The molecule has 0 spiro atoms. The molecule has 0 aliphatic rings. The summed E-state index contributed by atoms with van der Waals surface area (Å²) in [6, 6.07) is 11.9. The molecule has 3 aromatic rings. The lowest BCUT2D eigenvalue weighted by Crippen LogP contribution is -2.24. The number of fused-ring (bicyclic) bond motifs is 1. The summed E-state index contributed by atoms with van der Waals surface area (Å²) in [5.74, 6) is 1.33. The van der Waals surface area contributed by atoms with Crippen LogP contribution in [0, 0.1) is 0 Å². The standard InChI is InChI=1S/C33H51N3O2/c1-2-3-4-5-6-7-8-9-10-11-12-13-14-15-16-19-27-36-30-23-18-17-22-29(30)35-32(36)25-20-26-34-33(37)31-24-21-28-38-31/h17-18,21-24,28H,2-16,19-20,25-27H2,1H3,(H,34,37). The first kappa shape index (κ1) is 30.0. The minimum Gasteiger partial charge on any atom is -0.459 e. The fourth-order valence-corrected chi connectivity index (χ4v) is 5.33. The van der Waals surface area contributed by atoms with Gasteiger partial charge in [0.25, 0.3) is 5.91 Å². The summed E-state index contributed by atoms with van der Waals surface area (Å²) in [7, 11) is 0. The summed E-state index contributed by atoms with van der Waals surface area (Å²) in [6.45, 7) is 3.92. The minimum absolute atomic E-state index is 0.156. The number of rotatable bonds is 22. The van der Waals surface area contributed by atoms with Gasteiger partial charge in [0.15, 0.2) is 5.76 Å². The van der Waals surface area contributed by atoms with E-state index in [0.29, 0.717) is 12.3 Å². The van der Waals surface area contributed by atoms with Crippen LogP contribution in [0.3, 0.4) is 0 Å². The van der Waals surface area contributed by atoms with Crippen LogP contribution in [-0.4, -0.2) is 22.0 Å². The SMILES string of the molecule is CCCCCCCCCCCCCCCCCCn1c(CCCNC(=O)c2ccco2)nc2ccccc21. The van der Waals surface area contributed by atoms with Crippen LogP contribution in [0.4, 0.5) is 0 Å². The number of benzene rings is 1. The Morgan fingerprint density at radius 1 is 0.763 bits per heavy atom. The zero-order valence-electron chi connectivity index (χ0n) is 23.9. The summed E-state index contributed by atoms with van der Waals surface area (Å²) in [4.78, 5) is 17.0. The molecule has 0 aliphatic carbocycles. The molecule has 1 amide bonds. The van der Waals surface area contributed by atoms with Gasteiger partial charge in [-0.2, -0.15) is 0 Å². The van der Waals surface area contributed by atoms with E-state index in [1.807, 2.05) is 0 Å². The number of hydrogen-bond donors (Lipinski definition) is 1.